The van der Waals surface area contributed by atoms with Crippen molar-refractivity contribution in [2.75, 3.05) is 17.3 Å². The summed E-state index contributed by atoms with van der Waals surface area (Å²) in [5.74, 6) is 2.21. The van der Waals surface area contributed by atoms with E-state index < -0.39 is 0 Å². The van der Waals surface area contributed by atoms with Crippen LogP contribution in [0, 0.1) is 0 Å². The van der Waals surface area contributed by atoms with Gasteiger partial charge in [-0.25, -0.2) is 0 Å². The summed E-state index contributed by atoms with van der Waals surface area (Å²) < 4.78 is 0. The number of rotatable bonds is 2. The quantitative estimate of drug-likeness (QED) is 0.497. The fraction of sp³-hybridized carbons (Fsp3) is 0.667. The minimum Gasteiger partial charge on any atom is -0.391 e. The predicted octanol–water partition coefficient (Wildman–Crippen LogP) is 2.10. The van der Waals surface area contributed by atoms with Crippen LogP contribution >= 0.6 is 46.8 Å². The molecule has 0 aromatic heterocycles. The average Bonchev–Trinajstić information content (AvgIpc) is 2.60. The summed E-state index contributed by atoms with van der Waals surface area (Å²) in [6, 6.07) is 0. The van der Waals surface area contributed by atoms with E-state index in [1.165, 1.54) is 5.75 Å². The van der Waals surface area contributed by atoms with E-state index in [1.54, 1.807) is 0 Å². The summed E-state index contributed by atoms with van der Waals surface area (Å²) in [5.41, 5.74) is 0. The van der Waals surface area contributed by atoms with Crippen LogP contribution in [0.25, 0.3) is 0 Å². The molecule has 0 aromatic rings. The molecule has 0 bridgehead atoms. The van der Waals surface area contributed by atoms with Gasteiger partial charge in [0.2, 0.25) is 0 Å². The predicted molar refractivity (Wildman–Crippen MR) is 62.9 cm³/mol. The Labute approximate surface area is 86.6 Å². The van der Waals surface area contributed by atoms with Crippen molar-refractivity contribution >= 4 is 46.8 Å². The first-order valence-corrected chi connectivity index (χ1v) is 6.79. The van der Waals surface area contributed by atoms with Gasteiger partial charge < -0.3 is 5.11 Å². The Bertz CT molecular complexity index is 96.8. The fourth-order valence-corrected chi connectivity index (χ4v) is 2.29. The molecule has 0 saturated carbocycles. The Balaban J connectivity index is 0.000000183. The summed E-state index contributed by atoms with van der Waals surface area (Å²) in [4.78, 5) is 0. The molecule has 11 heavy (non-hydrogen) atoms. The summed E-state index contributed by atoms with van der Waals surface area (Å²) >= 11 is 7.59. The van der Waals surface area contributed by atoms with Crippen molar-refractivity contribution in [1.82, 2.24) is 0 Å². The van der Waals surface area contributed by atoms with E-state index >= 15 is 0 Å². The molecule has 1 rings (SSSR count). The van der Waals surface area contributed by atoms with Gasteiger partial charge in [-0.05, 0) is 5.41 Å². The second kappa shape index (κ2) is 9.19. The smallest absolute Gasteiger partial charge is 0.0715 e. The Morgan fingerprint density at radius 2 is 2.09 bits per heavy atom. The molecule has 0 unspecified atom stereocenters. The van der Waals surface area contributed by atoms with Gasteiger partial charge in [0, 0.05) is 17.3 Å². The molecule has 0 atom stereocenters. The van der Waals surface area contributed by atoms with Crippen LogP contribution in [0.5, 0.6) is 0 Å². The van der Waals surface area contributed by atoms with E-state index in [-0.39, 0.29) is 6.10 Å². The highest BCUT2D eigenvalue weighted by atomic mass is 33.1. The van der Waals surface area contributed by atoms with Crippen molar-refractivity contribution in [2.45, 2.75) is 6.10 Å². The van der Waals surface area contributed by atoms with Crippen molar-refractivity contribution in [3.63, 3.8) is 0 Å². The Morgan fingerprint density at radius 1 is 1.45 bits per heavy atom. The molecule has 0 aromatic carbocycles. The number of aliphatic hydroxyl groups is 1. The van der Waals surface area contributed by atoms with Gasteiger partial charge in [0.25, 0.3) is 0 Å². The maximum Gasteiger partial charge on any atom is 0.0715 e. The highest BCUT2D eigenvalue weighted by Gasteiger charge is 1.92. The zero-order valence-electron chi connectivity index (χ0n) is 6.01. The van der Waals surface area contributed by atoms with Crippen LogP contribution in [-0.2, 0) is 0 Å². The number of hydrogen-bond donors (Lipinski definition) is 3. The summed E-state index contributed by atoms with van der Waals surface area (Å²) in [6.45, 7) is 0. The molecule has 0 aliphatic carbocycles. The first kappa shape index (κ1) is 12.1. The Hall–Kier alpha value is 1.10. The zero-order valence-corrected chi connectivity index (χ0v) is 9.43. The summed E-state index contributed by atoms with van der Waals surface area (Å²) in [5, 5.41) is 10.6. The third-order valence-electron chi connectivity index (χ3n) is 0.806. The Kier molecular flexibility index (Phi) is 10.1. The van der Waals surface area contributed by atoms with E-state index in [9.17, 15) is 0 Å². The van der Waals surface area contributed by atoms with Crippen molar-refractivity contribution in [1.29, 1.82) is 0 Å². The highest BCUT2D eigenvalue weighted by Crippen LogP contribution is 2.27. The van der Waals surface area contributed by atoms with Gasteiger partial charge in [-0.1, -0.05) is 27.7 Å². The maximum atomic E-state index is 8.51. The van der Waals surface area contributed by atoms with Gasteiger partial charge in [0.05, 0.1) is 6.10 Å². The standard InChI is InChI=1S/C3H8OS2.C3H4S2/c4-3(1-5)2-6;1-2-4-5-3-1/h3-6H,1-2H2;1-2H,3H2. The average molecular weight is 228 g/mol. The van der Waals surface area contributed by atoms with Crippen LogP contribution in [0.4, 0.5) is 0 Å². The number of hydrogen-bond acceptors (Lipinski definition) is 5. The van der Waals surface area contributed by atoms with Crippen LogP contribution in [0.15, 0.2) is 11.5 Å². The molecule has 1 nitrogen and oxygen atoms in total. The second-order valence-electron chi connectivity index (χ2n) is 1.77. The molecule has 5 heteroatoms. The first-order chi connectivity index (χ1) is 5.31. The molecule has 1 N–H and O–H groups in total. The number of aliphatic hydroxyl groups excluding tert-OH is 1. The van der Waals surface area contributed by atoms with Crippen molar-refractivity contribution in [2.24, 2.45) is 0 Å². The maximum absolute atomic E-state index is 8.51. The number of thiol groups is 2. The lowest BCUT2D eigenvalue weighted by molar-refractivity contribution is 0.226. The SMILES string of the molecule is C1=CSSC1.OC(CS)CS. The van der Waals surface area contributed by atoms with E-state index in [0.29, 0.717) is 11.5 Å². The van der Waals surface area contributed by atoms with Crippen LogP contribution in [0.3, 0.4) is 0 Å². The molecular formula is C6H12OS4. The van der Waals surface area contributed by atoms with Crippen molar-refractivity contribution in [3.8, 4) is 0 Å². The molecule has 0 radical (unpaired) electrons. The lowest BCUT2D eigenvalue weighted by Crippen LogP contribution is -2.08. The van der Waals surface area contributed by atoms with Crippen molar-refractivity contribution in [3.05, 3.63) is 11.5 Å². The van der Waals surface area contributed by atoms with E-state index in [1.807, 2.05) is 21.6 Å². The normalized spacial score (nSPS) is 14.9. The monoisotopic (exact) mass is 228 g/mol. The molecule has 0 spiro atoms. The third kappa shape index (κ3) is 9.01. The van der Waals surface area contributed by atoms with Crippen LogP contribution in [-0.4, -0.2) is 28.5 Å². The van der Waals surface area contributed by atoms with Crippen LogP contribution < -0.4 is 0 Å². The second-order valence-corrected chi connectivity index (χ2v) is 4.82. The first-order valence-electron chi connectivity index (χ1n) is 3.14. The van der Waals surface area contributed by atoms with E-state index in [0.717, 1.165) is 0 Å². The van der Waals surface area contributed by atoms with Gasteiger partial charge in [0.1, 0.15) is 0 Å². The lowest BCUT2D eigenvalue weighted by Gasteiger charge is -1.97. The van der Waals surface area contributed by atoms with Crippen LogP contribution in [0.2, 0.25) is 0 Å². The molecular weight excluding hydrogens is 216 g/mol. The molecule has 66 valence electrons. The van der Waals surface area contributed by atoms with Gasteiger partial charge >= 0.3 is 0 Å². The van der Waals surface area contributed by atoms with Gasteiger partial charge in [-0.2, -0.15) is 25.3 Å². The highest BCUT2D eigenvalue weighted by molar-refractivity contribution is 8.78. The van der Waals surface area contributed by atoms with E-state index in [2.05, 4.69) is 36.7 Å². The fourth-order valence-electron chi connectivity index (χ4n) is 0.254. The molecule has 1 heterocycles. The molecule has 1 aliphatic rings. The van der Waals surface area contributed by atoms with Crippen molar-refractivity contribution < 1.29 is 5.11 Å². The van der Waals surface area contributed by atoms with Gasteiger partial charge in [-0.3, -0.25) is 0 Å². The molecule has 0 fully saturated rings. The minimum absolute atomic E-state index is 0.336. The zero-order chi connectivity index (χ0) is 8.53. The lowest BCUT2D eigenvalue weighted by atomic mass is 10.5. The van der Waals surface area contributed by atoms with Gasteiger partial charge in [0.15, 0.2) is 0 Å². The van der Waals surface area contributed by atoms with E-state index in [4.69, 9.17) is 5.11 Å². The third-order valence-corrected chi connectivity index (χ3v) is 3.57. The van der Waals surface area contributed by atoms with Crippen LogP contribution in [0.1, 0.15) is 0 Å². The largest absolute Gasteiger partial charge is 0.391 e. The molecule has 0 amide bonds. The minimum atomic E-state index is -0.336. The molecule has 1 aliphatic heterocycles. The summed E-state index contributed by atoms with van der Waals surface area (Å²) in [7, 11) is 3.69. The summed E-state index contributed by atoms with van der Waals surface area (Å²) in [6.07, 6.45) is 1.83. The van der Waals surface area contributed by atoms with Gasteiger partial charge in [-0.15, -0.1) is 0 Å². The Morgan fingerprint density at radius 3 is 2.18 bits per heavy atom. The topological polar surface area (TPSA) is 20.2 Å². The molecule has 0 saturated heterocycles.